The maximum absolute atomic E-state index is 13.3. The van der Waals surface area contributed by atoms with Crippen LogP contribution in [0.4, 0.5) is 0 Å². The van der Waals surface area contributed by atoms with Crippen LogP contribution in [0.3, 0.4) is 0 Å². The van der Waals surface area contributed by atoms with Crippen molar-refractivity contribution in [3.63, 3.8) is 0 Å². The summed E-state index contributed by atoms with van der Waals surface area (Å²) in [5.41, 5.74) is 2.15. The number of carbonyl (C=O) groups excluding carboxylic acids is 1. The lowest BCUT2D eigenvalue weighted by atomic mass is 9.88. The Balaban J connectivity index is 0.00000225. The molecule has 3 rings (SSSR count). The van der Waals surface area contributed by atoms with Gasteiger partial charge in [-0.3, -0.25) is 4.79 Å². The van der Waals surface area contributed by atoms with E-state index in [1.54, 1.807) is 0 Å². The van der Waals surface area contributed by atoms with Gasteiger partial charge in [0.2, 0.25) is 5.91 Å². The Labute approximate surface area is 156 Å². The van der Waals surface area contributed by atoms with Gasteiger partial charge >= 0.3 is 0 Å². The second-order valence-electron chi connectivity index (χ2n) is 6.58. The van der Waals surface area contributed by atoms with Crippen molar-refractivity contribution in [3.8, 4) is 0 Å². The summed E-state index contributed by atoms with van der Waals surface area (Å²) < 4.78 is 0. The standard InChI is InChI=1S/C21H26N2O.ClH/c1-22-16-17-12-14-23(15-13-17)21(24)20(18-8-4-2-5-9-18)19-10-6-3-7-11-19;/h2-11,17,20,22H,12-16H2,1H3;1H. The number of hydrogen-bond acceptors (Lipinski definition) is 2. The molecule has 0 aromatic heterocycles. The maximum atomic E-state index is 13.3. The van der Waals surface area contributed by atoms with Gasteiger partial charge in [0.25, 0.3) is 0 Å². The first kappa shape index (κ1) is 19.5. The molecule has 0 atom stereocenters. The summed E-state index contributed by atoms with van der Waals surface area (Å²) in [5, 5.41) is 3.25. The lowest BCUT2D eigenvalue weighted by molar-refractivity contribution is -0.133. The summed E-state index contributed by atoms with van der Waals surface area (Å²) in [5.74, 6) is 0.717. The third-order valence-electron chi connectivity index (χ3n) is 4.93. The molecule has 0 bridgehead atoms. The van der Waals surface area contributed by atoms with Gasteiger partial charge in [-0.1, -0.05) is 60.7 Å². The van der Waals surface area contributed by atoms with Crippen LogP contribution < -0.4 is 5.32 Å². The highest BCUT2D eigenvalue weighted by Crippen LogP contribution is 2.28. The van der Waals surface area contributed by atoms with E-state index in [0.29, 0.717) is 5.92 Å². The van der Waals surface area contributed by atoms with Crippen molar-refractivity contribution in [2.45, 2.75) is 18.8 Å². The number of amides is 1. The van der Waals surface area contributed by atoms with Crippen molar-refractivity contribution in [1.82, 2.24) is 10.2 Å². The van der Waals surface area contributed by atoms with Gasteiger partial charge in [-0.2, -0.15) is 0 Å². The predicted octanol–water partition coefficient (Wildman–Crippen LogP) is 3.70. The number of halogens is 1. The Morgan fingerprint density at radius 2 is 1.48 bits per heavy atom. The maximum Gasteiger partial charge on any atom is 0.234 e. The van der Waals surface area contributed by atoms with E-state index in [1.807, 2.05) is 43.4 Å². The van der Waals surface area contributed by atoms with Crippen molar-refractivity contribution in [1.29, 1.82) is 0 Å². The van der Waals surface area contributed by atoms with Gasteiger partial charge in [-0.25, -0.2) is 0 Å². The molecule has 1 amide bonds. The number of carbonyl (C=O) groups is 1. The van der Waals surface area contributed by atoms with Gasteiger partial charge in [0, 0.05) is 13.1 Å². The van der Waals surface area contributed by atoms with Gasteiger partial charge in [0.05, 0.1) is 5.92 Å². The number of benzene rings is 2. The summed E-state index contributed by atoms with van der Waals surface area (Å²) in [6.07, 6.45) is 2.17. The molecule has 1 fully saturated rings. The highest BCUT2D eigenvalue weighted by atomic mass is 35.5. The summed E-state index contributed by atoms with van der Waals surface area (Å²) in [6.45, 7) is 2.77. The molecule has 2 aromatic carbocycles. The molecule has 3 nitrogen and oxygen atoms in total. The van der Waals surface area contributed by atoms with Crippen molar-refractivity contribution >= 4 is 18.3 Å². The molecule has 134 valence electrons. The Morgan fingerprint density at radius 1 is 1.00 bits per heavy atom. The van der Waals surface area contributed by atoms with E-state index in [-0.39, 0.29) is 24.2 Å². The van der Waals surface area contributed by atoms with Gasteiger partial charge in [-0.15, -0.1) is 12.4 Å². The molecule has 4 heteroatoms. The Bertz CT molecular complexity index is 600. The molecular formula is C21H27ClN2O. The van der Waals surface area contributed by atoms with Crippen molar-refractivity contribution in [2.24, 2.45) is 5.92 Å². The molecule has 1 aliphatic heterocycles. The third kappa shape index (κ3) is 4.83. The quantitative estimate of drug-likeness (QED) is 0.883. The second-order valence-corrected chi connectivity index (χ2v) is 6.58. The summed E-state index contributed by atoms with van der Waals surface area (Å²) >= 11 is 0. The minimum atomic E-state index is -0.201. The topological polar surface area (TPSA) is 32.3 Å². The van der Waals surface area contributed by atoms with Gasteiger partial charge < -0.3 is 10.2 Å². The average Bonchev–Trinajstić information content (AvgIpc) is 2.64. The largest absolute Gasteiger partial charge is 0.342 e. The Morgan fingerprint density at radius 3 is 1.92 bits per heavy atom. The molecule has 0 saturated carbocycles. The van der Waals surface area contributed by atoms with Crippen LogP contribution in [0.2, 0.25) is 0 Å². The fourth-order valence-corrected chi connectivity index (χ4v) is 3.60. The van der Waals surface area contributed by atoms with Crippen LogP contribution in [-0.4, -0.2) is 37.5 Å². The smallest absolute Gasteiger partial charge is 0.234 e. The Hall–Kier alpha value is -1.84. The molecule has 25 heavy (non-hydrogen) atoms. The highest BCUT2D eigenvalue weighted by Gasteiger charge is 2.30. The van der Waals surface area contributed by atoms with Crippen molar-refractivity contribution in [3.05, 3.63) is 71.8 Å². The van der Waals surface area contributed by atoms with E-state index in [0.717, 1.165) is 43.6 Å². The average molecular weight is 359 g/mol. The summed E-state index contributed by atoms with van der Waals surface area (Å²) in [7, 11) is 2.00. The molecule has 0 unspecified atom stereocenters. The molecule has 0 aliphatic carbocycles. The fourth-order valence-electron chi connectivity index (χ4n) is 3.60. The van der Waals surface area contributed by atoms with Gasteiger partial charge in [0.1, 0.15) is 0 Å². The first-order valence-corrected chi connectivity index (χ1v) is 8.83. The molecule has 1 N–H and O–H groups in total. The van der Waals surface area contributed by atoms with Crippen LogP contribution >= 0.6 is 12.4 Å². The van der Waals surface area contributed by atoms with Crippen LogP contribution in [0.25, 0.3) is 0 Å². The van der Waals surface area contributed by atoms with Crippen LogP contribution in [0.5, 0.6) is 0 Å². The molecule has 2 aromatic rings. The number of hydrogen-bond donors (Lipinski definition) is 1. The number of nitrogens with zero attached hydrogens (tertiary/aromatic N) is 1. The number of likely N-dealkylation sites (tertiary alicyclic amines) is 1. The first-order chi connectivity index (χ1) is 11.8. The molecule has 1 saturated heterocycles. The van der Waals surface area contributed by atoms with Crippen LogP contribution in [0.15, 0.2) is 60.7 Å². The molecule has 0 radical (unpaired) electrons. The van der Waals surface area contributed by atoms with Crippen molar-refractivity contribution in [2.75, 3.05) is 26.7 Å². The number of piperidine rings is 1. The minimum Gasteiger partial charge on any atom is -0.342 e. The zero-order valence-corrected chi connectivity index (χ0v) is 15.5. The fraction of sp³-hybridized carbons (Fsp3) is 0.381. The molecule has 1 aliphatic rings. The normalized spacial score (nSPS) is 15.0. The van der Waals surface area contributed by atoms with Crippen LogP contribution in [0.1, 0.15) is 29.9 Å². The summed E-state index contributed by atoms with van der Waals surface area (Å²) in [4.78, 5) is 15.3. The SMILES string of the molecule is CNCC1CCN(C(=O)C(c2ccccc2)c2ccccc2)CC1.Cl. The molecule has 1 heterocycles. The van der Waals surface area contributed by atoms with E-state index in [9.17, 15) is 4.79 Å². The highest BCUT2D eigenvalue weighted by molar-refractivity contribution is 5.87. The van der Waals surface area contributed by atoms with E-state index in [1.165, 1.54) is 0 Å². The van der Waals surface area contributed by atoms with E-state index in [4.69, 9.17) is 0 Å². The lowest BCUT2D eigenvalue weighted by Gasteiger charge is -2.34. The van der Waals surface area contributed by atoms with Gasteiger partial charge in [0.15, 0.2) is 0 Å². The van der Waals surface area contributed by atoms with E-state index < -0.39 is 0 Å². The number of rotatable bonds is 5. The zero-order valence-electron chi connectivity index (χ0n) is 14.7. The monoisotopic (exact) mass is 358 g/mol. The van der Waals surface area contributed by atoms with Crippen LogP contribution in [-0.2, 0) is 4.79 Å². The van der Waals surface area contributed by atoms with Crippen molar-refractivity contribution < 1.29 is 4.79 Å². The Kier molecular flexibility index (Phi) is 7.48. The van der Waals surface area contributed by atoms with E-state index >= 15 is 0 Å². The third-order valence-corrected chi connectivity index (χ3v) is 4.93. The summed E-state index contributed by atoms with van der Waals surface area (Å²) in [6, 6.07) is 20.3. The lowest BCUT2D eigenvalue weighted by Crippen LogP contribution is -2.42. The van der Waals surface area contributed by atoms with E-state index in [2.05, 4.69) is 34.5 Å². The second kappa shape index (κ2) is 9.59. The predicted molar refractivity (Wildman–Crippen MR) is 105 cm³/mol. The minimum absolute atomic E-state index is 0. The molecule has 0 spiro atoms. The van der Waals surface area contributed by atoms with Crippen LogP contribution in [0, 0.1) is 5.92 Å². The zero-order chi connectivity index (χ0) is 16.8. The first-order valence-electron chi connectivity index (χ1n) is 8.83. The number of nitrogens with one attached hydrogen (secondary N) is 1. The molecular weight excluding hydrogens is 332 g/mol. The van der Waals surface area contributed by atoms with Gasteiger partial charge in [-0.05, 0) is 43.5 Å².